The van der Waals surface area contributed by atoms with Gasteiger partial charge < -0.3 is 20.5 Å². The summed E-state index contributed by atoms with van der Waals surface area (Å²) in [6.45, 7) is 1.66. The van der Waals surface area contributed by atoms with Gasteiger partial charge in [-0.15, -0.1) is 0 Å². The molecule has 28 heavy (non-hydrogen) atoms. The van der Waals surface area contributed by atoms with Gasteiger partial charge >= 0.3 is 0 Å². The Labute approximate surface area is 165 Å². The summed E-state index contributed by atoms with van der Waals surface area (Å²) in [5.41, 5.74) is 8.75. The van der Waals surface area contributed by atoms with Crippen molar-refractivity contribution in [3.63, 3.8) is 0 Å². The Morgan fingerprint density at radius 3 is 2.50 bits per heavy atom. The second kappa shape index (κ2) is 7.72. The average Bonchev–Trinajstić information content (AvgIpc) is 3.34. The third kappa shape index (κ3) is 3.78. The number of amides is 1. The Kier molecular flexibility index (Phi) is 5.13. The molecule has 0 radical (unpaired) electrons. The molecule has 2 fully saturated rings. The van der Waals surface area contributed by atoms with Crippen LogP contribution < -0.4 is 25.0 Å². The summed E-state index contributed by atoms with van der Waals surface area (Å²) in [5, 5.41) is 3.00. The van der Waals surface area contributed by atoms with Gasteiger partial charge in [0.25, 0.3) is 5.91 Å². The van der Waals surface area contributed by atoms with Gasteiger partial charge in [0.1, 0.15) is 12.2 Å². The Balaban J connectivity index is 1.67. The first-order valence-corrected chi connectivity index (χ1v) is 9.90. The predicted octanol–water partition coefficient (Wildman–Crippen LogP) is 3.19. The van der Waals surface area contributed by atoms with E-state index in [1.165, 1.54) is 12.8 Å². The van der Waals surface area contributed by atoms with Gasteiger partial charge in [-0.05, 0) is 43.9 Å². The number of carbonyl (C=O) groups is 1. The number of nitrogens with zero attached hydrogens (tertiary/aromatic N) is 1. The number of rotatable bonds is 6. The molecule has 2 aromatic carbocycles. The van der Waals surface area contributed by atoms with Crippen LogP contribution in [0.5, 0.6) is 11.5 Å². The summed E-state index contributed by atoms with van der Waals surface area (Å²) in [6, 6.07) is 13.9. The monoisotopic (exact) mass is 382 g/mol. The van der Waals surface area contributed by atoms with Crippen molar-refractivity contribution in [1.82, 2.24) is 9.80 Å². The van der Waals surface area contributed by atoms with Gasteiger partial charge in [-0.2, -0.15) is 0 Å². The summed E-state index contributed by atoms with van der Waals surface area (Å²) in [6.07, 6.45) is 4.83. The number of ether oxygens (including phenoxy) is 2. The lowest BCUT2D eigenvalue weighted by Gasteiger charge is -2.32. The van der Waals surface area contributed by atoms with E-state index >= 15 is 0 Å². The molecule has 4 rings (SSSR count). The van der Waals surface area contributed by atoms with Gasteiger partial charge in [0.2, 0.25) is 0 Å². The maximum absolute atomic E-state index is 12.2. The number of benzene rings is 2. The Morgan fingerprint density at radius 1 is 1.11 bits per heavy atom. The Bertz CT molecular complexity index is 847. The van der Waals surface area contributed by atoms with Gasteiger partial charge in [-0.3, -0.25) is 9.28 Å². The van der Waals surface area contributed by atoms with Gasteiger partial charge in [-0.25, -0.2) is 0 Å². The van der Waals surface area contributed by atoms with E-state index in [2.05, 4.69) is 11.4 Å². The largest absolute Gasteiger partial charge is 0.493 e. The van der Waals surface area contributed by atoms with E-state index in [0.29, 0.717) is 24.2 Å². The molecule has 1 atom stereocenters. The molecule has 1 amide bonds. The quantitative estimate of drug-likeness (QED) is 0.594. The number of methoxy groups -OCH3 is 1. The number of nitrogens with one attached hydrogen (secondary N) is 1. The van der Waals surface area contributed by atoms with Crippen molar-refractivity contribution in [2.24, 2.45) is 0 Å². The molecular formula is C22H28N3O3+. The number of anilines is 1. The standard InChI is InChI=1S/C22H27N3O3/c1-27-20-11-10-18(12-21(20)28-19-4-2-3-5-19)25(14-22(26)24-15-25)13-16-6-8-17(23)9-7-16/h6-12,19H,2-5,13-15,23H2,1H3/p+1. The summed E-state index contributed by atoms with van der Waals surface area (Å²) in [4.78, 5) is 12.2. The highest BCUT2D eigenvalue weighted by molar-refractivity contribution is 5.83. The number of hydrogen-bond acceptors (Lipinski definition) is 4. The van der Waals surface area contributed by atoms with Crippen molar-refractivity contribution < 1.29 is 14.3 Å². The molecule has 1 saturated heterocycles. The zero-order valence-corrected chi connectivity index (χ0v) is 16.3. The zero-order chi connectivity index (χ0) is 19.6. The van der Waals surface area contributed by atoms with Crippen molar-refractivity contribution in [2.45, 2.75) is 38.3 Å². The molecule has 2 aromatic rings. The van der Waals surface area contributed by atoms with Gasteiger partial charge in [-0.1, -0.05) is 12.1 Å². The fourth-order valence-corrected chi connectivity index (χ4v) is 4.22. The predicted molar refractivity (Wildman–Crippen MR) is 110 cm³/mol. The lowest BCUT2D eigenvalue weighted by Crippen LogP contribution is -2.47. The highest BCUT2D eigenvalue weighted by Crippen LogP contribution is 2.38. The lowest BCUT2D eigenvalue weighted by atomic mass is 10.1. The molecule has 1 aliphatic carbocycles. The number of carbonyl (C=O) groups excluding carboxylic acids is 1. The normalized spacial score (nSPS) is 22.2. The second-order valence-electron chi connectivity index (χ2n) is 7.82. The van der Waals surface area contributed by atoms with E-state index in [4.69, 9.17) is 15.2 Å². The maximum Gasteiger partial charge on any atom is 0.279 e. The summed E-state index contributed by atoms with van der Waals surface area (Å²) >= 11 is 0. The van der Waals surface area contributed by atoms with Crippen LogP contribution in [-0.2, 0) is 11.3 Å². The van der Waals surface area contributed by atoms with Crippen molar-refractivity contribution in [1.29, 1.82) is 0 Å². The minimum atomic E-state index is 0.0597. The minimum absolute atomic E-state index is 0.0597. The first-order chi connectivity index (χ1) is 13.6. The van der Waals surface area contributed by atoms with Crippen molar-refractivity contribution in [2.75, 3.05) is 26.1 Å². The lowest BCUT2D eigenvalue weighted by molar-refractivity contribution is -0.118. The molecule has 2 aliphatic rings. The molecule has 1 unspecified atom stereocenters. The van der Waals surface area contributed by atoms with Crippen LogP contribution in [0.15, 0.2) is 42.5 Å². The summed E-state index contributed by atoms with van der Waals surface area (Å²) in [7, 11) is 1.66. The highest BCUT2D eigenvalue weighted by atomic mass is 16.5. The molecule has 1 heterocycles. The van der Waals surface area contributed by atoms with E-state index in [1.54, 1.807) is 7.11 Å². The Morgan fingerprint density at radius 2 is 1.86 bits per heavy atom. The third-order valence-electron chi connectivity index (χ3n) is 5.78. The van der Waals surface area contributed by atoms with Crippen LogP contribution in [-0.4, -0.2) is 32.3 Å². The van der Waals surface area contributed by atoms with Crippen LogP contribution in [0, 0.1) is 0 Å². The second-order valence-corrected chi connectivity index (χ2v) is 7.82. The smallest absolute Gasteiger partial charge is 0.279 e. The van der Waals surface area contributed by atoms with Gasteiger partial charge in [0.05, 0.1) is 13.2 Å². The molecule has 1 aliphatic heterocycles. The molecule has 0 spiro atoms. The van der Waals surface area contributed by atoms with Gasteiger partial charge in [0.15, 0.2) is 24.7 Å². The third-order valence-corrected chi connectivity index (χ3v) is 5.78. The summed E-state index contributed by atoms with van der Waals surface area (Å²) < 4.78 is 12.3. The fourth-order valence-electron chi connectivity index (χ4n) is 4.22. The number of nitrogen functional groups attached to an aromatic ring is 1. The minimum Gasteiger partial charge on any atom is -0.493 e. The van der Waals surface area contributed by atoms with E-state index in [0.717, 1.165) is 41.3 Å². The summed E-state index contributed by atoms with van der Waals surface area (Å²) in [5.74, 6) is 1.56. The molecule has 3 N–H and O–H groups in total. The first kappa shape index (κ1) is 18.6. The number of quaternary nitrogens is 1. The van der Waals surface area contributed by atoms with E-state index in [-0.39, 0.29) is 12.0 Å². The van der Waals surface area contributed by atoms with Crippen LogP contribution in [0.4, 0.5) is 11.4 Å². The Hall–Kier alpha value is -2.73. The maximum atomic E-state index is 12.2. The van der Waals surface area contributed by atoms with Crippen molar-refractivity contribution in [3.05, 3.63) is 48.0 Å². The van der Waals surface area contributed by atoms with E-state index in [9.17, 15) is 4.79 Å². The van der Waals surface area contributed by atoms with E-state index in [1.807, 2.05) is 36.4 Å². The topological polar surface area (TPSA) is 73.6 Å². The molecule has 6 nitrogen and oxygen atoms in total. The van der Waals surface area contributed by atoms with Gasteiger partial charge in [0, 0.05) is 23.4 Å². The van der Waals surface area contributed by atoms with Crippen LogP contribution in [0.25, 0.3) is 0 Å². The van der Waals surface area contributed by atoms with Crippen LogP contribution >= 0.6 is 0 Å². The molecule has 6 heteroatoms. The molecule has 1 saturated carbocycles. The zero-order valence-electron chi connectivity index (χ0n) is 16.3. The average molecular weight is 382 g/mol. The number of nitrogens with two attached hydrogens (primary N) is 1. The van der Waals surface area contributed by atoms with Crippen LogP contribution in [0.1, 0.15) is 31.2 Å². The molecule has 0 bridgehead atoms. The number of hydrogen-bond donors (Lipinski definition) is 2. The highest BCUT2D eigenvalue weighted by Gasteiger charge is 2.40. The van der Waals surface area contributed by atoms with Crippen molar-refractivity contribution in [3.8, 4) is 11.5 Å². The fraction of sp³-hybridized carbons (Fsp3) is 0.409. The van der Waals surface area contributed by atoms with Crippen molar-refractivity contribution >= 4 is 17.3 Å². The SMILES string of the molecule is COc1ccc([N+]2(Cc3ccc(N)cc3)CNC(=O)C2)cc1OC1CCCC1. The first-order valence-electron chi connectivity index (χ1n) is 9.90. The van der Waals surface area contributed by atoms with Crippen LogP contribution in [0.2, 0.25) is 0 Å². The molecular weight excluding hydrogens is 354 g/mol. The molecule has 0 aromatic heterocycles. The van der Waals surface area contributed by atoms with E-state index < -0.39 is 0 Å². The van der Waals surface area contributed by atoms with Crippen LogP contribution in [0.3, 0.4) is 0 Å². The molecule has 148 valence electrons.